The molecule has 1 aliphatic heterocycles. The van der Waals surface area contributed by atoms with Crippen molar-refractivity contribution in [2.75, 3.05) is 11.5 Å². The predicted molar refractivity (Wildman–Crippen MR) is 106 cm³/mol. The molecule has 1 aromatic carbocycles. The molecule has 0 radical (unpaired) electrons. The van der Waals surface area contributed by atoms with Crippen molar-refractivity contribution in [3.63, 3.8) is 0 Å². The van der Waals surface area contributed by atoms with E-state index >= 15 is 0 Å². The summed E-state index contributed by atoms with van der Waals surface area (Å²) in [5.41, 5.74) is -0.0751. The lowest BCUT2D eigenvalue weighted by molar-refractivity contribution is 0.0941. The molecule has 0 bridgehead atoms. The van der Waals surface area contributed by atoms with E-state index in [1.807, 2.05) is 6.92 Å². The molecule has 27 heavy (non-hydrogen) atoms. The second-order valence-electron chi connectivity index (χ2n) is 6.65. The average Bonchev–Trinajstić information content (AvgIpc) is 2.85. The first-order chi connectivity index (χ1) is 12.4. The number of carbonyl (C=O) groups is 1. The molecule has 1 aliphatic rings. The Morgan fingerprint density at radius 3 is 2.52 bits per heavy atom. The number of sulfone groups is 1. The smallest absolute Gasteiger partial charge is 0.253 e. The zero-order valence-corrected chi connectivity index (χ0v) is 18.1. The summed E-state index contributed by atoms with van der Waals surface area (Å²) in [5, 5.41) is 2.47. The van der Waals surface area contributed by atoms with Gasteiger partial charge >= 0.3 is 0 Å². The number of halogens is 2. The van der Waals surface area contributed by atoms with Crippen LogP contribution in [0.25, 0.3) is 0 Å². The van der Waals surface area contributed by atoms with Crippen molar-refractivity contribution in [2.24, 2.45) is 0 Å². The van der Waals surface area contributed by atoms with Gasteiger partial charge in [-0.2, -0.15) is 0 Å². The molecule has 1 heterocycles. The van der Waals surface area contributed by atoms with Crippen LogP contribution in [0.5, 0.6) is 0 Å². The third kappa shape index (κ3) is 5.80. The summed E-state index contributed by atoms with van der Waals surface area (Å²) < 4.78 is 50.8. The van der Waals surface area contributed by atoms with E-state index in [2.05, 4.69) is 10.0 Å². The second-order valence-corrected chi connectivity index (χ2v) is 11.4. The molecule has 152 valence electrons. The van der Waals surface area contributed by atoms with Gasteiger partial charge in [-0.1, -0.05) is 36.5 Å². The van der Waals surface area contributed by atoms with Gasteiger partial charge in [0.25, 0.3) is 5.91 Å². The number of carbonyl (C=O) groups excluding carboxylic acids is 1. The Balaban J connectivity index is 2.28. The number of hydrogen-bond donors (Lipinski definition) is 2. The van der Waals surface area contributed by atoms with Crippen molar-refractivity contribution >= 4 is 49.0 Å². The molecule has 1 amide bonds. The first kappa shape index (κ1) is 22.4. The summed E-state index contributed by atoms with van der Waals surface area (Å²) in [4.78, 5) is 12.2. The number of nitrogens with one attached hydrogen (secondary N) is 2. The summed E-state index contributed by atoms with van der Waals surface area (Å²) >= 11 is 12.1. The number of sulfonamides is 1. The highest BCUT2D eigenvalue weighted by molar-refractivity contribution is 7.91. The molecule has 1 aromatic rings. The van der Waals surface area contributed by atoms with Crippen LogP contribution in [-0.4, -0.2) is 46.3 Å². The third-order valence-corrected chi connectivity index (χ3v) is 8.34. The van der Waals surface area contributed by atoms with Crippen LogP contribution in [0.4, 0.5) is 0 Å². The fourth-order valence-electron chi connectivity index (χ4n) is 2.90. The summed E-state index contributed by atoms with van der Waals surface area (Å²) in [6.07, 6.45) is 1.75. The van der Waals surface area contributed by atoms with Crippen LogP contribution in [0.1, 0.15) is 43.5 Å². The Bertz CT molecular complexity index is 932. The Morgan fingerprint density at radius 2 is 1.96 bits per heavy atom. The molecule has 1 saturated heterocycles. The van der Waals surface area contributed by atoms with Gasteiger partial charge in [-0.05, 0) is 31.9 Å². The highest BCUT2D eigenvalue weighted by Crippen LogP contribution is 2.29. The van der Waals surface area contributed by atoms with E-state index in [1.54, 1.807) is 6.92 Å². The van der Waals surface area contributed by atoms with Gasteiger partial charge in [0, 0.05) is 12.1 Å². The molecular weight excluding hydrogens is 435 g/mol. The van der Waals surface area contributed by atoms with Gasteiger partial charge in [-0.15, -0.1) is 0 Å². The summed E-state index contributed by atoms with van der Waals surface area (Å²) in [6, 6.07) is 1.48. The van der Waals surface area contributed by atoms with Crippen LogP contribution >= 0.6 is 23.2 Å². The Morgan fingerprint density at radius 1 is 1.30 bits per heavy atom. The minimum atomic E-state index is -3.95. The summed E-state index contributed by atoms with van der Waals surface area (Å²) in [6.45, 7) is 3.67. The van der Waals surface area contributed by atoms with Crippen molar-refractivity contribution in [1.29, 1.82) is 0 Å². The second kappa shape index (κ2) is 8.65. The van der Waals surface area contributed by atoms with Crippen LogP contribution in [0, 0.1) is 0 Å². The average molecular weight is 457 g/mol. The molecule has 0 saturated carbocycles. The minimum Gasteiger partial charge on any atom is -0.348 e. The summed E-state index contributed by atoms with van der Waals surface area (Å²) in [5.74, 6) is -0.784. The normalized spacial score (nSPS) is 20.4. The van der Waals surface area contributed by atoms with E-state index in [9.17, 15) is 21.6 Å². The van der Waals surface area contributed by atoms with E-state index in [1.165, 1.54) is 6.07 Å². The van der Waals surface area contributed by atoms with Crippen LogP contribution in [0.2, 0.25) is 10.0 Å². The van der Waals surface area contributed by atoms with Gasteiger partial charge in [0.15, 0.2) is 9.84 Å². The van der Waals surface area contributed by atoms with Gasteiger partial charge in [0.1, 0.15) is 4.90 Å². The molecule has 7 nitrogen and oxygen atoms in total. The molecule has 2 rings (SSSR count). The number of hydrogen-bond acceptors (Lipinski definition) is 5. The van der Waals surface area contributed by atoms with Crippen LogP contribution in [0.15, 0.2) is 17.0 Å². The van der Waals surface area contributed by atoms with Gasteiger partial charge in [-0.3, -0.25) is 4.79 Å². The lowest BCUT2D eigenvalue weighted by Crippen LogP contribution is -2.36. The lowest BCUT2D eigenvalue weighted by atomic mass is 10.2. The van der Waals surface area contributed by atoms with Gasteiger partial charge in [0.05, 0.1) is 27.1 Å². The SMILES string of the molecule is CCC[C@H](C)NS(=O)(=O)c1cc(C(=O)N[C@@H]2CCS(=O)(=O)C2)c(Cl)cc1Cl. The predicted octanol–water partition coefficient (Wildman–Crippen LogP) is 2.38. The minimum absolute atomic E-state index is 0.00512. The van der Waals surface area contributed by atoms with Gasteiger partial charge in [0.2, 0.25) is 10.0 Å². The largest absolute Gasteiger partial charge is 0.348 e. The standard InChI is InChI=1S/C16H22Cl2N2O5S2/c1-3-4-10(2)20-27(24,25)15-7-12(13(17)8-14(15)18)16(21)19-11-5-6-26(22,23)9-11/h7-8,10-11,20H,3-6,9H2,1-2H3,(H,19,21)/t10-,11+/m0/s1. The highest BCUT2D eigenvalue weighted by atomic mass is 35.5. The molecule has 0 aliphatic carbocycles. The maximum atomic E-state index is 12.6. The van der Waals surface area contributed by atoms with Crippen molar-refractivity contribution in [3.8, 4) is 0 Å². The van der Waals surface area contributed by atoms with Crippen molar-refractivity contribution < 1.29 is 21.6 Å². The number of rotatable bonds is 7. The fraction of sp³-hybridized carbons (Fsp3) is 0.562. The maximum Gasteiger partial charge on any atom is 0.253 e. The molecule has 0 spiro atoms. The van der Waals surface area contributed by atoms with Crippen molar-refractivity contribution in [3.05, 3.63) is 27.7 Å². The van der Waals surface area contributed by atoms with Gasteiger partial charge < -0.3 is 5.32 Å². The Labute approximate surface area is 169 Å². The zero-order valence-electron chi connectivity index (χ0n) is 15.0. The quantitative estimate of drug-likeness (QED) is 0.654. The van der Waals surface area contributed by atoms with Crippen LogP contribution in [0.3, 0.4) is 0 Å². The van der Waals surface area contributed by atoms with Crippen LogP contribution < -0.4 is 10.0 Å². The van der Waals surface area contributed by atoms with Crippen molar-refractivity contribution in [1.82, 2.24) is 10.0 Å². The topological polar surface area (TPSA) is 109 Å². The summed E-state index contributed by atoms with van der Waals surface area (Å²) in [7, 11) is -7.11. The molecule has 11 heteroatoms. The molecule has 0 aromatic heterocycles. The molecule has 1 fully saturated rings. The molecular formula is C16H22Cl2N2O5S2. The third-order valence-electron chi connectivity index (χ3n) is 4.20. The number of amides is 1. The van der Waals surface area contributed by atoms with E-state index < -0.39 is 31.8 Å². The van der Waals surface area contributed by atoms with Gasteiger partial charge in [-0.25, -0.2) is 21.6 Å². The van der Waals surface area contributed by atoms with E-state index in [0.29, 0.717) is 12.8 Å². The Hall–Kier alpha value is -0.870. The Kier molecular flexibility index (Phi) is 7.18. The van der Waals surface area contributed by atoms with Crippen LogP contribution in [-0.2, 0) is 19.9 Å². The van der Waals surface area contributed by atoms with E-state index in [-0.39, 0.29) is 38.1 Å². The molecule has 2 atom stereocenters. The van der Waals surface area contributed by atoms with E-state index in [0.717, 1.165) is 12.5 Å². The first-order valence-electron chi connectivity index (χ1n) is 8.48. The lowest BCUT2D eigenvalue weighted by Gasteiger charge is -2.16. The van der Waals surface area contributed by atoms with Crippen molar-refractivity contribution in [2.45, 2.75) is 50.1 Å². The fourth-order valence-corrected chi connectivity index (χ4v) is 6.71. The molecule has 2 N–H and O–H groups in total. The highest BCUT2D eigenvalue weighted by Gasteiger charge is 2.30. The first-order valence-corrected chi connectivity index (χ1v) is 12.5. The monoisotopic (exact) mass is 456 g/mol. The van der Waals surface area contributed by atoms with E-state index in [4.69, 9.17) is 23.2 Å². The molecule has 0 unspecified atom stereocenters. The maximum absolute atomic E-state index is 12.6. The number of benzene rings is 1. The zero-order chi connectivity index (χ0) is 20.4.